The molecular weight excluding hydrogens is 316 g/mol. The van der Waals surface area contributed by atoms with Gasteiger partial charge in [-0.1, -0.05) is 11.6 Å². The number of pyridine rings is 1. The van der Waals surface area contributed by atoms with Crippen molar-refractivity contribution in [2.75, 3.05) is 19.8 Å². The van der Waals surface area contributed by atoms with E-state index in [2.05, 4.69) is 11.1 Å². The zero-order valence-corrected chi connectivity index (χ0v) is 14.8. The predicted molar refractivity (Wildman–Crippen MR) is 95.6 cm³/mol. The van der Waals surface area contributed by atoms with Gasteiger partial charge in [-0.05, 0) is 51.3 Å². The second kappa shape index (κ2) is 6.73. The zero-order chi connectivity index (χ0) is 17.4. The molecule has 1 unspecified atom stereocenters. The Morgan fingerprint density at radius 3 is 2.76 bits per heavy atom. The van der Waals surface area contributed by atoms with Crippen molar-refractivity contribution < 1.29 is 14.3 Å². The second-order valence-corrected chi connectivity index (χ2v) is 7.00. The monoisotopic (exact) mass is 340 g/mol. The maximum Gasteiger partial charge on any atom is 0.255 e. The molecule has 3 heterocycles. The molecule has 0 N–H and O–H groups in total. The van der Waals surface area contributed by atoms with Crippen LogP contribution < -0.4 is 0 Å². The standard InChI is InChI=1S/C20H24N2O3/c1-13-6-7-17-15(11-13)16(12-14(2)21-17)19(23)22-8-4-3-5-18(22)20-24-9-10-25-20/h6-7,11-12,18,20H,3-5,8-10H2,1-2H3. The van der Waals surface area contributed by atoms with Crippen molar-refractivity contribution >= 4 is 16.8 Å². The van der Waals surface area contributed by atoms with E-state index in [1.165, 1.54) is 0 Å². The van der Waals surface area contributed by atoms with Crippen molar-refractivity contribution in [1.29, 1.82) is 0 Å². The minimum Gasteiger partial charge on any atom is -0.348 e. The summed E-state index contributed by atoms with van der Waals surface area (Å²) in [6, 6.07) is 7.98. The van der Waals surface area contributed by atoms with Gasteiger partial charge in [0.1, 0.15) is 0 Å². The molecule has 2 aliphatic rings. The van der Waals surface area contributed by atoms with Crippen LogP contribution in [-0.4, -0.2) is 47.9 Å². The predicted octanol–water partition coefficient (Wildman–Crippen LogP) is 3.22. The molecule has 0 saturated carbocycles. The molecule has 2 aromatic rings. The number of carbonyl (C=O) groups excluding carboxylic acids is 1. The van der Waals surface area contributed by atoms with Gasteiger partial charge in [0.2, 0.25) is 0 Å². The van der Waals surface area contributed by atoms with Gasteiger partial charge in [0.15, 0.2) is 6.29 Å². The molecule has 5 heteroatoms. The number of likely N-dealkylation sites (tertiary alicyclic amines) is 1. The number of fused-ring (bicyclic) bond motifs is 1. The topological polar surface area (TPSA) is 51.7 Å². The van der Waals surface area contributed by atoms with Crippen LogP contribution in [0.4, 0.5) is 0 Å². The second-order valence-electron chi connectivity index (χ2n) is 7.00. The molecule has 2 saturated heterocycles. The largest absolute Gasteiger partial charge is 0.348 e. The minimum absolute atomic E-state index is 0.00270. The number of aromatic nitrogens is 1. The van der Waals surface area contributed by atoms with Gasteiger partial charge >= 0.3 is 0 Å². The first-order valence-electron chi connectivity index (χ1n) is 9.06. The summed E-state index contributed by atoms with van der Waals surface area (Å²) in [4.78, 5) is 20.0. The van der Waals surface area contributed by atoms with Gasteiger partial charge < -0.3 is 14.4 Å². The molecular formula is C20H24N2O3. The molecule has 25 heavy (non-hydrogen) atoms. The van der Waals surface area contributed by atoms with Crippen LogP contribution in [0.3, 0.4) is 0 Å². The van der Waals surface area contributed by atoms with E-state index in [-0.39, 0.29) is 18.2 Å². The first-order valence-corrected chi connectivity index (χ1v) is 9.06. The van der Waals surface area contributed by atoms with Crippen molar-refractivity contribution in [2.45, 2.75) is 45.4 Å². The third-order valence-electron chi connectivity index (χ3n) is 5.09. The summed E-state index contributed by atoms with van der Waals surface area (Å²) in [5.41, 5.74) is 3.60. The molecule has 1 aromatic carbocycles. The lowest BCUT2D eigenvalue weighted by atomic mass is 9.98. The van der Waals surface area contributed by atoms with Gasteiger partial charge in [-0.25, -0.2) is 0 Å². The van der Waals surface area contributed by atoms with E-state index >= 15 is 0 Å². The third kappa shape index (κ3) is 3.14. The Morgan fingerprint density at radius 2 is 1.96 bits per heavy atom. The summed E-state index contributed by atoms with van der Waals surface area (Å²) in [6.07, 6.45) is 2.76. The lowest BCUT2D eigenvalue weighted by molar-refractivity contribution is -0.100. The molecule has 1 amide bonds. The minimum atomic E-state index is -0.291. The molecule has 0 bridgehead atoms. The van der Waals surface area contributed by atoms with E-state index in [4.69, 9.17) is 9.47 Å². The van der Waals surface area contributed by atoms with Gasteiger partial charge in [-0.3, -0.25) is 9.78 Å². The van der Waals surface area contributed by atoms with Crippen LogP contribution in [0.25, 0.3) is 10.9 Å². The Bertz CT molecular complexity index is 799. The van der Waals surface area contributed by atoms with Crippen LogP contribution in [0.5, 0.6) is 0 Å². The van der Waals surface area contributed by atoms with Crippen LogP contribution >= 0.6 is 0 Å². The summed E-state index contributed by atoms with van der Waals surface area (Å²) in [7, 11) is 0. The van der Waals surface area contributed by atoms with Crippen molar-refractivity contribution in [1.82, 2.24) is 9.88 Å². The Hall–Kier alpha value is -1.98. The average Bonchev–Trinajstić information content (AvgIpc) is 3.15. The highest BCUT2D eigenvalue weighted by atomic mass is 16.7. The van der Waals surface area contributed by atoms with Crippen molar-refractivity contribution in [2.24, 2.45) is 0 Å². The molecule has 0 spiro atoms. The number of hydrogen-bond acceptors (Lipinski definition) is 4. The molecule has 2 aliphatic heterocycles. The van der Waals surface area contributed by atoms with Crippen LogP contribution in [0.1, 0.15) is 40.9 Å². The number of rotatable bonds is 2. The smallest absolute Gasteiger partial charge is 0.255 e. The Labute approximate surface area is 147 Å². The van der Waals surface area contributed by atoms with E-state index in [9.17, 15) is 4.79 Å². The number of hydrogen-bond donors (Lipinski definition) is 0. The van der Waals surface area contributed by atoms with Gasteiger partial charge in [0.25, 0.3) is 5.91 Å². The van der Waals surface area contributed by atoms with E-state index in [1.807, 2.05) is 36.9 Å². The number of aryl methyl sites for hydroxylation is 2. The van der Waals surface area contributed by atoms with Crippen LogP contribution in [0, 0.1) is 13.8 Å². The number of amides is 1. The summed E-state index contributed by atoms with van der Waals surface area (Å²) < 4.78 is 11.4. The molecule has 1 atom stereocenters. The van der Waals surface area contributed by atoms with E-state index in [1.54, 1.807) is 0 Å². The SMILES string of the molecule is Cc1ccc2nc(C)cc(C(=O)N3CCCCC3C3OCCO3)c2c1. The highest BCUT2D eigenvalue weighted by molar-refractivity contribution is 6.06. The molecule has 2 fully saturated rings. The highest BCUT2D eigenvalue weighted by Gasteiger charge is 2.37. The fourth-order valence-electron chi connectivity index (χ4n) is 3.89. The Balaban J connectivity index is 1.74. The van der Waals surface area contributed by atoms with Crippen molar-refractivity contribution in [3.8, 4) is 0 Å². The molecule has 0 aliphatic carbocycles. The van der Waals surface area contributed by atoms with Crippen molar-refractivity contribution in [3.63, 3.8) is 0 Å². The number of benzene rings is 1. The summed E-state index contributed by atoms with van der Waals surface area (Å²) in [6.45, 7) is 5.95. The summed E-state index contributed by atoms with van der Waals surface area (Å²) in [5, 5.41) is 0.924. The highest BCUT2D eigenvalue weighted by Crippen LogP contribution is 2.28. The van der Waals surface area contributed by atoms with Crippen LogP contribution in [-0.2, 0) is 9.47 Å². The summed E-state index contributed by atoms with van der Waals surface area (Å²) in [5.74, 6) is 0.0601. The molecule has 5 nitrogen and oxygen atoms in total. The fraction of sp³-hybridized carbons (Fsp3) is 0.500. The van der Waals surface area contributed by atoms with E-state index in [0.29, 0.717) is 13.2 Å². The Kier molecular flexibility index (Phi) is 4.44. The molecule has 1 aromatic heterocycles. The summed E-state index contributed by atoms with van der Waals surface area (Å²) >= 11 is 0. The maximum atomic E-state index is 13.4. The average molecular weight is 340 g/mol. The third-order valence-corrected chi connectivity index (χ3v) is 5.09. The zero-order valence-electron chi connectivity index (χ0n) is 14.8. The van der Waals surface area contributed by atoms with Gasteiger partial charge in [0.05, 0.1) is 30.3 Å². The van der Waals surface area contributed by atoms with Gasteiger partial charge in [0, 0.05) is 17.6 Å². The lowest BCUT2D eigenvalue weighted by Gasteiger charge is -2.38. The van der Waals surface area contributed by atoms with Crippen LogP contribution in [0.2, 0.25) is 0 Å². The maximum absolute atomic E-state index is 13.4. The normalized spacial score (nSPS) is 21.8. The molecule has 0 radical (unpaired) electrons. The van der Waals surface area contributed by atoms with Gasteiger partial charge in [-0.2, -0.15) is 0 Å². The molecule has 132 valence electrons. The first kappa shape index (κ1) is 16.5. The first-order chi connectivity index (χ1) is 12.1. The van der Waals surface area contributed by atoms with Gasteiger partial charge in [-0.15, -0.1) is 0 Å². The molecule has 4 rings (SSSR count). The van der Waals surface area contributed by atoms with E-state index < -0.39 is 0 Å². The lowest BCUT2D eigenvalue weighted by Crippen LogP contribution is -2.50. The quantitative estimate of drug-likeness (QED) is 0.842. The number of nitrogens with zero attached hydrogens (tertiary/aromatic N) is 2. The van der Waals surface area contributed by atoms with Crippen LogP contribution in [0.15, 0.2) is 24.3 Å². The number of piperidine rings is 1. The number of carbonyl (C=O) groups is 1. The van der Waals surface area contributed by atoms with E-state index in [0.717, 1.165) is 53.5 Å². The fourth-order valence-corrected chi connectivity index (χ4v) is 3.89. The van der Waals surface area contributed by atoms with Crippen molar-refractivity contribution in [3.05, 3.63) is 41.1 Å². The Morgan fingerprint density at radius 1 is 1.16 bits per heavy atom. The number of ether oxygens (including phenoxy) is 2.